The van der Waals surface area contributed by atoms with E-state index in [1.54, 1.807) is 0 Å². The van der Waals surface area contributed by atoms with Crippen LogP contribution in [0.4, 0.5) is 0 Å². The molecule has 0 atom stereocenters. The van der Waals surface area contributed by atoms with Gasteiger partial charge < -0.3 is 0 Å². The van der Waals surface area contributed by atoms with Gasteiger partial charge in [0, 0.05) is 16.5 Å². The molecule has 0 aliphatic heterocycles. The molecular weight excluding hydrogens is 277 g/mol. The Morgan fingerprint density at radius 2 is 1.74 bits per heavy atom. The summed E-state index contributed by atoms with van der Waals surface area (Å²) < 4.78 is 0. The number of benzene rings is 2. The fourth-order valence-corrected chi connectivity index (χ4v) is 2.64. The predicted octanol–water partition coefficient (Wildman–Crippen LogP) is 5.29. The lowest BCUT2D eigenvalue weighted by Gasteiger charge is -2.08. The first-order valence-corrected chi connectivity index (χ1v) is 6.90. The lowest BCUT2D eigenvalue weighted by molar-refractivity contribution is 1.30. The van der Waals surface area contributed by atoms with E-state index in [9.17, 15) is 0 Å². The SMILES string of the molecule is ClCc1cc2cccc(-c3ccccc3)c2nc1Cl. The summed E-state index contributed by atoms with van der Waals surface area (Å²) in [4.78, 5) is 4.50. The van der Waals surface area contributed by atoms with Crippen LogP contribution in [0.25, 0.3) is 22.0 Å². The third kappa shape index (κ3) is 2.32. The Morgan fingerprint density at radius 3 is 2.47 bits per heavy atom. The van der Waals surface area contributed by atoms with Crippen LogP contribution in [-0.4, -0.2) is 4.98 Å². The van der Waals surface area contributed by atoms with Crippen LogP contribution in [0.5, 0.6) is 0 Å². The standard InChI is InChI=1S/C16H11Cl2N/c17-10-13-9-12-7-4-8-14(15(12)19-16(13)18)11-5-2-1-3-6-11/h1-9H,10H2. The molecular formula is C16H11Cl2N. The quantitative estimate of drug-likeness (QED) is 0.461. The molecule has 1 aromatic heterocycles. The first-order valence-electron chi connectivity index (χ1n) is 5.99. The van der Waals surface area contributed by atoms with Crippen LogP contribution in [0.15, 0.2) is 54.6 Å². The lowest BCUT2D eigenvalue weighted by Crippen LogP contribution is -1.90. The van der Waals surface area contributed by atoms with Crippen molar-refractivity contribution < 1.29 is 0 Å². The summed E-state index contributed by atoms with van der Waals surface area (Å²) in [5.41, 5.74) is 3.99. The summed E-state index contributed by atoms with van der Waals surface area (Å²) in [7, 11) is 0. The molecule has 3 heteroatoms. The van der Waals surface area contributed by atoms with E-state index >= 15 is 0 Å². The number of alkyl halides is 1. The van der Waals surface area contributed by atoms with Gasteiger partial charge in [0.15, 0.2) is 0 Å². The van der Waals surface area contributed by atoms with Gasteiger partial charge in [0.2, 0.25) is 0 Å². The molecule has 0 fully saturated rings. The lowest BCUT2D eigenvalue weighted by atomic mass is 10.0. The van der Waals surface area contributed by atoms with E-state index in [1.807, 2.05) is 36.4 Å². The Labute approximate surface area is 121 Å². The second-order valence-corrected chi connectivity index (χ2v) is 4.94. The monoisotopic (exact) mass is 287 g/mol. The fourth-order valence-electron chi connectivity index (χ4n) is 2.16. The van der Waals surface area contributed by atoms with E-state index in [1.165, 1.54) is 0 Å². The van der Waals surface area contributed by atoms with E-state index in [0.717, 1.165) is 27.6 Å². The van der Waals surface area contributed by atoms with Gasteiger partial charge in [-0.05, 0) is 11.6 Å². The van der Waals surface area contributed by atoms with Gasteiger partial charge in [-0.25, -0.2) is 4.98 Å². The van der Waals surface area contributed by atoms with Gasteiger partial charge in [-0.3, -0.25) is 0 Å². The Morgan fingerprint density at radius 1 is 0.947 bits per heavy atom. The number of fused-ring (bicyclic) bond motifs is 1. The van der Waals surface area contributed by atoms with Crippen LogP contribution in [0.2, 0.25) is 5.15 Å². The maximum Gasteiger partial charge on any atom is 0.134 e. The maximum absolute atomic E-state index is 6.17. The molecule has 19 heavy (non-hydrogen) atoms. The van der Waals surface area contributed by atoms with Gasteiger partial charge in [0.25, 0.3) is 0 Å². The van der Waals surface area contributed by atoms with Gasteiger partial charge >= 0.3 is 0 Å². The molecule has 0 bridgehead atoms. The number of aromatic nitrogens is 1. The van der Waals surface area contributed by atoms with Crippen molar-refractivity contribution in [3.8, 4) is 11.1 Å². The number of para-hydroxylation sites is 1. The molecule has 3 rings (SSSR count). The summed E-state index contributed by atoms with van der Waals surface area (Å²) in [5, 5.41) is 1.53. The van der Waals surface area contributed by atoms with E-state index in [4.69, 9.17) is 23.2 Å². The van der Waals surface area contributed by atoms with Gasteiger partial charge in [0.1, 0.15) is 5.15 Å². The predicted molar refractivity (Wildman–Crippen MR) is 81.7 cm³/mol. The Hall–Kier alpha value is -1.57. The van der Waals surface area contributed by atoms with Crippen molar-refractivity contribution in [1.29, 1.82) is 0 Å². The average Bonchev–Trinajstić information content (AvgIpc) is 2.47. The van der Waals surface area contributed by atoms with Crippen molar-refractivity contribution in [1.82, 2.24) is 4.98 Å². The molecule has 0 aliphatic carbocycles. The molecule has 3 aromatic rings. The molecule has 0 radical (unpaired) electrons. The number of hydrogen-bond donors (Lipinski definition) is 0. The number of hydrogen-bond acceptors (Lipinski definition) is 1. The summed E-state index contributed by atoms with van der Waals surface area (Å²) in [6.45, 7) is 0. The summed E-state index contributed by atoms with van der Waals surface area (Å²) in [6.07, 6.45) is 0. The van der Waals surface area contributed by atoms with Crippen LogP contribution in [0.1, 0.15) is 5.56 Å². The molecule has 94 valence electrons. The van der Waals surface area contributed by atoms with Crippen molar-refractivity contribution in [3.63, 3.8) is 0 Å². The van der Waals surface area contributed by atoms with E-state index < -0.39 is 0 Å². The minimum Gasteiger partial charge on any atom is -0.235 e. The number of halogens is 2. The van der Waals surface area contributed by atoms with Crippen LogP contribution in [0.3, 0.4) is 0 Å². The number of pyridine rings is 1. The highest BCUT2D eigenvalue weighted by Crippen LogP contribution is 2.30. The molecule has 1 heterocycles. The average molecular weight is 288 g/mol. The third-order valence-corrected chi connectivity index (χ3v) is 3.72. The van der Waals surface area contributed by atoms with Crippen molar-refractivity contribution in [2.75, 3.05) is 0 Å². The first kappa shape index (κ1) is 12.5. The minimum absolute atomic E-state index is 0.372. The highest BCUT2D eigenvalue weighted by Gasteiger charge is 2.08. The molecule has 0 unspecified atom stereocenters. The third-order valence-electron chi connectivity index (χ3n) is 3.10. The van der Waals surface area contributed by atoms with Crippen LogP contribution in [-0.2, 0) is 5.88 Å². The highest BCUT2D eigenvalue weighted by atomic mass is 35.5. The zero-order chi connectivity index (χ0) is 13.2. The van der Waals surface area contributed by atoms with Gasteiger partial charge in [-0.15, -0.1) is 11.6 Å². The maximum atomic E-state index is 6.17. The molecule has 0 aliphatic rings. The summed E-state index contributed by atoms with van der Waals surface area (Å²) >= 11 is 12.0. The number of nitrogens with zero attached hydrogens (tertiary/aromatic N) is 1. The Kier molecular flexibility index (Phi) is 3.41. The first-order chi connectivity index (χ1) is 9.29. The van der Waals surface area contributed by atoms with Gasteiger partial charge in [0.05, 0.1) is 11.4 Å². The zero-order valence-electron chi connectivity index (χ0n) is 10.1. The van der Waals surface area contributed by atoms with Crippen LogP contribution < -0.4 is 0 Å². The zero-order valence-corrected chi connectivity index (χ0v) is 11.6. The van der Waals surface area contributed by atoms with Crippen molar-refractivity contribution in [3.05, 3.63) is 65.3 Å². The van der Waals surface area contributed by atoms with Crippen molar-refractivity contribution in [2.45, 2.75) is 5.88 Å². The highest BCUT2D eigenvalue weighted by molar-refractivity contribution is 6.31. The molecule has 0 saturated heterocycles. The van der Waals surface area contributed by atoms with Crippen LogP contribution in [0, 0.1) is 0 Å². The van der Waals surface area contributed by atoms with E-state index in [-0.39, 0.29) is 0 Å². The molecule has 1 nitrogen and oxygen atoms in total. The summed E-state index contributed by atoms with van der Waals surface area (Å²) in [6, 6.07) is 18.3. The van der Waals surface area contributed by atoms with E-state index in [0.29, 0.717) is 11.0 Å². The molecule has 0 saturated carbocycles. The smallest absolute Gasteiger partial charge is 0.134 e. The van der Waals surface area contributed by atoms with Gasteiger partial charge in [-0.2, -0.15) is 0 Å². The van der Waals surface area contributed by atoms with Crippen molar-refractivity contribution in [2.24, 2.45) is 0 Å². The summed E-state index contributed by atoms with van der Waals surface area (Å²) in [5.74, 6) is 0.372. The molecule has 0 spiro atoms. The topological polar surface area (TPSA) is 12.9 Å². The molecule has 2 aromatic carbocycles. The fraction of sp³-hybridized carbons (Fsp3) is 0.0625. The van der Waals surface area contributed by atoms with E-state index in [2.05, 4.69) is 23.2 Å². The Balaban J connectivity index is 2.30. The molecule has 0 amide bonds. The van der Waals surface area contributed by atoms with Crippen molar-refractivity contribution >= 4 is 34.1 Å². The second kappa shape index (κ2) is 5.20. The normalized spacial score (nSPS) is 10.8. The number of rotatable bonds is 2. The second-order valence-electron chi connectivity index (χ2n) is 4.32. The van der Waals surface area contributed by atoms with Gasteiger partial charge in [-0.1, -0.05) is 60.1 Å². The Bertz CT molecular complexity index is 723. The largest absolute Gasteiger partial charge is 0.235 e. The van der Waals surface area contributed by atoms with Crippen LogP contribution >= 0.6 is 23.2 Å². The molecule has 0 N–H and O–H groups in total. The minimum atomic E-state index is 0.372.